The van der Waals surface area contributed by atoms with Crippen LogP contribution in [0.4, 0.5) is 0 Å². The Morgan fingerprint density at radius 1 is 1.21 bits per heavy atom. The van der Waals surface area contributed by atoms with Gasteiger partial charge in [-0.05, 0) is 19.1 Å². The smallest absolute Gasteiger partial charge is 0.338 e. The summed E-state index contributed by atoms with van der Waals surface area (Å²) in [5, 5.41) is 22.5. The minimum absolute atomic E-state index is 0.0505. The molecule has 7 atom stereocenters. The van der Waals surface area contributed by atoms with E-state index in [9.17, 15) is 19.8 Å². The molecule has 2 bridgehead atoms. The maximum atomic E-state index is 12.7. The molecule has 0 amide bonds. The number of ether oxygens (including phenoxy) is 3. The molecule has 0 spiro atoms. The first kappa shape index (κ1) is 19.0. The SMILES string of the molecule is CC1C(OC(=O)c2ccccc2)CC23OC(=O)CC12CC1(O)OCC3(C)C1(C)O. The van der Waals surface area contributed by atoms with Crippen LogP contribution in [0.2, 0.25) is 0 Å². The maximum Gasteiger partial charge on any atom is 0.338 e. The number of fused-ring (bicyclic) bond motifs is 2. The van der Waals surface area contributed by atoms with E-state index in [1.807, 2.05) is 13.0 Å². The summed E-state index contributed by atoms with van der Waals surface area (Å²) in [5.41, 5.74) is -4.07. The number of benzene rings is 1. The number of carbonyl (C=O) groups is 2. The molecule has 2 N–H and O–H groups in total. The van der Waals surface area contributed by atoms with Gasteiger partial charge in [0.1, 0.15) is 17.3 Å². The van der Waals surface area contributed by atoms with Crippen molar-refractivity contribution in [1.29, 1.82) is 0 Å². The highest BCUT2D eigenvalue weighted by atomic mass is 16.7. The molecule has 5 rings (SSSR count). The first-order valence-corrected chi connectivity index (χ1v) is 10.1. The normalized spacial score (nSPS) is 50.0. The van der Waals surface area contributed by atoms with Crippen LogP contribution >= 0.6 is 0 Å². The van der Waals surface area contributed by atoms with Crippen molar-refractivity contribution in [3.05, 3.63) is 35.9 Å². The highest BCUT2D eigenvalue weighted by Crippen LogP contribution is 2.76. The topological polar surface area (TPSA) is 102 Å². The van der Waals surface area contributed by atoms with Crippen molar-refractivity contribution in [1.82, 2.24) is 0 Å². The number of rotatable bonds is 2. The summed E-state index contributed by atoms with van der Waals surface area (Å²) in [6.07, 6.45) is -0.0870. The molecule has 4 aliphatic rings. The van der Waals surface area contributed by atoms with E-state index < -0.39 is 39.9 Å². The summed E-state index contributed by atoms with van der Waals surface area (Å²) in [6.45, 7) is 5.32. The lowest BCUT2D eigenvalue weighted by Gasteiger charge is -2.60. The molecule has 2 aliphatic heterocycles. The van der Waals surface area contributed by atoms with Gasteiger partial charge in [-0.25, -0.2) is 4.79 Å². The molecule has 7 nitrogen and oxygen atoms in total. The number of esters is 2. The summed E-state index contributed by atoms with van der Waals surface area (Å²) < 4.78 is 17.6. The molecule has 7 unspecified atom stereocenters. The van der Waals surface area contributed by atoms with Crippen LogP contribution < -0.4 is 0 Å². The summed E-state index contributed by atoms with van der Waals surface area (Å²) in [6, 6.07) is 8.75. The van der Waals surface area contributed by atoms with Gasteiger partial charge in [-0.2, -0.15) is 0 Å². The van der Waals surface area contributed by atoms with E-state index in [1.165, 1.54) is 0 Å². The van der Waals surface area contributed by atoms with E-state index in [0.29, 0.717) is 5.56 Å². The van der Waals surface area contributed by atoms with E-state index in [-0.39, 0.29) is 37.8 Å². The number of aliphatic hydroxyl groups is 2. The van der Waals surface area contributed by atoms with Crippen molar-refractivity contribution in [3.8, 4) is 0 Å². The molecular formula is C22H26O7. The molecule has 2 aliphatic carbocycles. The van der Waals surface area contributed by atoms with Gasteiger partial charge in [-0.15, -0.1) is 0 Å². The van der Waals surface area contributed by atoms with Crippen LogP contribution in [0.3, 0.4) is 0 Å². The predicted molar refractivity (Wildman–Crippen MR) is 99.5 cm³/mol. The van der Waals surface area contributed by atoms with E-state index in [2.05, 4.69) is 0 Å². The molecular weight excluding hydrogens is 376 g/mol. The number of hydrogen-bond acceptors (Lipinski definition) is 7. The van der Waals surface area contributed by atoms with Crippen molar-refractivity contribution < 1.29 is 34.0 Å². The second-order valence-corrected chi connectivity index (χ2v) is 9.59. The van der Waals surface area contributed by atoms with Crippen LogP contribution in [-0.2, 0) is 19.0 Å². The van der Waals surface area contributed by atoms with Crippen molar-refractivity contribution in [2.75, 3.05) is 6.61 Å². The van der Waals surface area contributed by atoms with E-state index in [0.717, 1.165) is 0 Å². The Balaban J connectivity index is 1.57. The van der Waals surface area contributed by atoms with Crippen molar-refractivity contribution in [2.24, 2.45) is 16.7 Å². The Morgan fingerprint density at radius 3 is 2.59 bits per heavy atom. The first-order valence-electron chi connectivity index (χ1n) is 10.1. The minimum Gasteiger partial charge on any atom is -0.458 e. The van der Waals surface area contributed by atoms with E-state index >= 15 is 0 Å². The van der Waals surface area contributed by atoms with Gasteiger partial charge in [0.25, 0.3) is 0 Å². The van der Waals surface area contributed by atoms with Crippen LogP contribution in [0.15, 0.2) is 30.3 Å². The lowest BCUT2D eigenvalue weighted by molar-refractivity contribution is -0.322. The average molecular weight is 402 g/mol. The molecule has 2 heterocycles. The third-order valence-electron chi connectivity index (χ3n) is 8.62. The molecule has 29 heavy (non-hydrogen) atoms. The molecule has 156 valence electrons. The zero-order valence-electron chi connectivity index (χ0n) is 16.8. The minimum atomic E-state index is -1.79. The van der Waals surface area contributed by atoms with Gasteiger partial charge in [0.05, 0.1) is 24.0 Å². The molecule has 0 radical (unpaired) electrons. The lowest BCUT2D eigenvalue weighted by Crippen LogP contribution is -2.73. The third kappa shape index (κ3) is 1.94. The van der Waals surface area contributed by atoms with E-state index in [1.54, 1.807) is 38.1 Å². The maximum absolute atomic E-state index is 12.7. The molecule has 2 saturated carbocycles. The Kier molecular flexibility index (Phi) is 3.54. The van der Waals surface area contributed by atoms with Gasteiger partial charge in [0, 0.05) is 24.2 Å². The van der Waals surface area contributed by atoms with Crippen LogP contribution in [-0.4, -0.2) is 51.9 Å². The largest absolute Gasteiger partial charge is 0.458 e. The molecule has 0 aromatic heterocycles. The summed E-state index contributed by atoms with van der Waals surface area (Å²) >= 11 is 0. The molecule has 1 aromatic carbocycles. The first-order chi connectivity index (χ1) is 13.5. The van der Waals surface area contributed by atoms with Gasteiger partial charge in [0.15, 0.2) is 5.79 Å². The Hall–Kier alpha value is -1.96. The number of hydrogen-bond donors (Lipinski definition) is 2. The Labute approximate surface area is 168 Å². The fourth-order valence-corrected chi connectivity index (χ4v) is 6.64. The second kappa shape index (κ2) is 5.39. The van der Waals surface area contributed by atoms with Gasteiger partial charge in [0.2, 0.25) is 0 Å². The fraction of sp³-hybridized carbons (Fsp3) is 0.636. The molecule has 7 heteroatoms. The van der Waals surface area contributed by atoms with Crippen LogP contribution in [0.5, 0.6) is 0 Å². The lowest BCUT2D eigenvalue weighted by atomic mass is 9.46. The fourth-order valence-electron chi connectivity index (χ4n) is 6.64. The van der Waals surface area contributed by atoms with Gasteiger partial charge in [-0.1, -0.05) is 32.0 Å². The highest BCUT2D eigenvalue weighted by molar-refractivity contribution is 5.89. The second-order valence-electron chi connectivity index (χ2n) is 9.59. The van der Waals surface area contributed by atoms with Gasteiger partial charge >= 0.3 is 11.9 Å². The zero-order valence-corrected chi connectivity index (χ0v) is 16.8. The van der Waals surface area contributed by atoms with Crippen molar-refractivity contribution in [2.45, 2.75) is 63.1 Å². The summed E-state index contributed by atoms with van der Waals surface area (Å²) in [4.78, 5) is 25.2. The van der Waals surface area contributed by atoms with Crippen LogP contribution in [0.25, 0.3) is 0 Å². The van der Waals surface area contributed by atoms with E-state index in [4.69, 9.17) is 14.2 Å². The molecule has 1 aromatic rings. The molecule has 2 saturated heterocycles. The predicted octanol–water partition coefficient (Wildman–Crippen LogP) is 1.80. The third-order valence-corrected chi connectivity index (χ3v) is 8.62. The van der Waals surface area contributed by atoms with Gasteiger partial charge < -0.3 is 24.4 Å². The monoisotopic (exact) mass is 402 g/mol. The summed E-state index contributed by atoms with van der Waals surface area (Å²) in [7, 11) is 0. The van der Waals surface area contributed by atoms with Crippen molar-refractivity contribution >= 4 is 11.9 Å². The zero-order chi connectivity index (χ0) is 20.9. The average Bonchev–Trinajstić information content (AvgIpc) is 3.12. The summed E-state index contributed by atoms with van der Waals surface area (Å²) in [5.74, 6) is -2.83. The Bertz CT molecular complexity index is 898. The highest BCUT2D eigenvalue weighted by Gasteiger charge is 2.88. The van der Waals surface area contributed by atoms with Crippen LogP contribution in [0, 0.1) is 16.7 Å². The van der Waals surface area contributed by atoms with Crippen LogP contribution in [0.1, 0.15) is 50.4 Å². The number of carbonyl (C=O) groups excluding carboxylic acids is 2. The quantitative estimate of drug-likeness (QED) is 0.727. The Morgan fingerprint density at radius 2 is 1.90 bits per heavy atom. The molecule has 4 fully saturated rings. The standard InChI is InChI=1S/C22H26O7/c1-13-15(28-17(24)14-7-5-4-6-8-14)9-21-18(2)12-27-22(26,19(18,3)25)11-20(13,21)10-16(23)29-21/h4-8,13,15,25-26H,9-12H2,1-3H3. The van der Waals surface area contributed by atoms with Gasteiger partial charge in [-0.3, -0.25) is 4.79 Å². The van der Waals surface area contributed by atoms with Crippen molar-refractivity contribution in [3.63, 3.8) is 0 Å².